The molecule has 15 heavy (non-hydrogen) atoms. The molecule has 1 amide bonds. The molecule has 3 nitrogen and oxygen atoms in total. The maximum atomic E-state index is 10.9. The van der Waals surface area contributed by atoms with Crippen molar-refractivity contribution in [2.24, 2.45) is 0 Å². The lowest BCUT2D eigenvalue weighted by molar-refractivity contribution is -0.122. The van der Waals surface area contributed by atoms with Crippen molar-refractivity contribution in [3.63, 3.8) is 0 Å². The van der Waals surface area contributed by atoms with Gasteiger partial charge in [-0.2, -0.15) is 0 Å². The van der Waals surface area contributed by atoms with E-state index >= 15 is 0 Å². The third-order valence-electron chi connectivity index (χ3n) is 2.05. The molecular weight excluding hydrogens is 258 g/mol. The van der Waals surface area contributed by atoms with Crippen molar-refractivity contribution in [1.82, 2.24) is 5.32 Å². The number of ether oxygens (including phenoxy) is 1. The fourth-order valence-electron chi connectivity index (χ4n) is 1.13. The summed E-state index contributed by atoms with van der Waals surface area (Å²) in [5.74, 6) is 0.563. The summed E-state index contributed by atoms with van der Waals surface area (Å²) in [4.78, 5) is 10.9. The van der Waals surface area contributed by atoms with Gasteiger partial charge >= 0.3 is 0 Å². The van der Waals surface area contributed by atoms with E-state index in [1.54, 1.807) is 7.05 Å². The lowest BCUT2D eigenvalue weighted by atomic mass is 10.2. The number of likely N-dealkylation sites (N-methyl/N-ethyl adjacent to an activating group) is 1. The van der Waals surface area contributed by atoms with Crippen molar-refractivity contribution in [1.29, 1.82) is 0 Å². The van der Waals surface area contributed by atoms with Gasteiger partial charge in [-0.05, 0) is 24.1 Å². The molecule has 0 spiro atoms. The van der Waals surface area contributed by atoms with Gasteiger partial charge in [-0.15, -0.1) is 0 Å². The molecule has 82 valence electrons. The van der Waals surface area contributed by atoms with Crippen LogP contribution in [0, 0.1) is 0 Å². The van der Waals surface area contributed by atoms with Crippen molar-refractivity contribution in [3.05, 3.63) is 28.2 Å². The second kappa shape index (κ2) is 5.75. The van der Waals surface area contributed by atoms with Gasteiger partial charge in [0.2, 0.25) is 0 Å². The molecule has 0 aromatic heterocycles. The summed E-state index contributed by atoms with van der Waals surface area (Å²) in [5.41, 5.74) is 1.22. The first-order valence-electron chi connectivity index (χ1n) is 4.79. The Morgan fingerprint density at radius 3 is 2.80 bits per heavy atom. The number of carbonyl (C=O) groups is 1. The van der Waals surface area contributed by atoms with E-state index in [2.05, 4.69) is 28.2 Å². The lowest BCUT2D eigenvalue weighted by Crippen LogP contribution is -2.24. The average molecular weight is 272 g/mol. The van der Waals surface area contributed by atoms with Crippen molar-refractivity contribution in [3.8, 4) is 5.75 Å². The Balaban J connectivity index is 2.63. The van der Waals surface area contributed by atoms with Gasteiger partial charge in [0, 0.05) is 11.5 Å². The number of rotatable bonds is 4. The number of halogens is 1. The number of carbonyl (C=O) groups excluding carboxylic acids is 1. The van der Waals surface area contributed by atoms with Crippen LogP contribution in [0.25, 0.3) is 0 Å². The topological polar surface area (TPSA) is 38.3 Å². The predicted molar refractivity (Wildman–Crippen MR) is 63.1 cm³/mol. The minimum absolute atomic E-state index is 0.0500. The van der Waals surface area contributed by atoms with E-state index in [0.717, 1.165) is 10.9 Å². The van der Waals surface area contributed by atoms with Crippen molar-refractivity contribution in [2.75, 3.05) is 13.7 Å². The highest BCUT2D eigenvalue weighted by molar-refractivity contribution is 9.10. The smallest absolute Gasteiger partial charge is 0.257 e. The molecule has 0 saturated heterocycles. The van der Waals surface area contributed by atoms with Crippen LogP contribution in [0.3, 0.4) is 0 Å². The number of nitrogens with one attached hydrogen (secondary N) is 1. The van der Waals surface area contributed by atoms with E-state index < -0.39 is 0 Å². The molecule has 0 saturated carbocycles. The molecule has 0 fully saturated rings. The second-order valence-corrected chi connectivity index (χ2v) is 3.92. The normalized spacial score (nSPS) is 9.80. The third kappa shape index (κ3) is 3.55. The van der Waals surface area contributed by atoms with E-state index in [1.807, 2.05) is 18.2 Å². The van der Waals surface area contributed by atoms with Crippen LogP contribution in [0.15, 0.2) is 22.7 Å². The first-order chi connectivity index (χ1) is 7.17. The van der Waals surface area contributed by atoms with E-state index in [0.29, 0.717) is 5.75 Å². The summed E-state index contributed by atoms with van der Waals surface area (Å²) >= 11 is 3.45. The fourth-order valence-corrected chi connectivity index (χ4v) is 1.76. The largest absolute Gasteiger partial charge is 0.484 e. The first kappa shape index (κ1) is 12.0. The van der Waals surface area contributed by atoms with Gasteiger partial charge in [0.25, 0.3) is 5.91 Å². The number of aryl methyl sites for hydroxylation is 1. The second-order valence-electron chi connectivity index (χ2n) is 3.07. The number of amides is 1. The van der Waals surface area contributed by atoms with Crippen molar-refractivity contribution >= 4 is 21.8 Å². The predicted octanol–water partition coefficient (Wildman–Crippen LogP) is 2.14. The maximum Gasteiger partial charge on any atom is 0.257 e. The Morgan fingerprint density at radius 1 is 1.53 bits per heavy atom. The minimum atomic E-state index is -0.134. The Morgan fingerprint density at radius 2 is 2.27 bits per heavy atom. The van der Waals surface area contributed by atoms with Crippen LogP contribution in [-0.4, -0.2) is 19.6 Å². The zero-order chi connectivity index (χ0) is 11.3. The molecule has 1 rings (SSSR count). The fraction of sp³-hybridized carbons (Fsp3) is 0.364. The average Bonchev–Trinajstić information content (AvgIpc) is 2.26. The zero-order valence-corrected chi connectivity index (χ0v) is 10.4. The summed E-state index contributed by atoms with van der Waals surface area (Å²) in [6.45, 7) is 2.14. The monoisotopic (exact) mass is 271 g/mol. The molecule has 0 bridgehead atoms. The van der Waals surface area contributed by atoms with E-state index in [4.69, 9.17) is 4.74 Å². The molecule has 1 aromatic carbocycles. The van der Waals surface area contributed by atoms with Gasteiger partial charge in [0.05, 0.1) is 0 Å². The maximum absolute atomic E-state index is 10.9. The Bertz CT molecular complexity index is 352. The standard InChI is InChI=1S/C11H14BrNO2/c1-3-8-4-5-9(6-10(8)12)15-7-11(14)13-2/h4-6H,3,7H2,1-2H3,(H,13,14). The van der Waals surface area contributed by atoms with E-state index in [1.165, 1.54) is 5.56 Å². The minimum Gasteiger partial charge on any atom is -0.484 e. The van der Waals surface area contributed by atoms with Gasteiger partial charge in [-0.25, -0.2) is 0 Å². The lowest BCUT2D eigenvalue weighted by Gasteiger charge is -2.07. The molecule has 0 aliphatic rings. The summed E-state index contributed by atoms with van der Waals surface area (Å²) in [5, 5.41) is 2.50. The number of hydrogen-bond acceptors (Lipinski definition) is 2. The highest BCUT2D eigenvalue weighted by atomic mass is 79.9. The molecular formula is C11H14BrNO2. The van der Waals surface area contributed by atoms with Crippen molar-refractivity contribution < 1.29 is 9.53 Å². The Labute approximate surface area is 97.9 Å². The molecule has 4 heteroatoms. The molecule has 0 unspecified atom stereocenters. The Hall–Kier alpha value is -1.03. The summed E-state index contributed by atoms with van der Waals surface area (Å²) < 4.78 is 6.31. The highest BCUT2D eigenvalue weighted by Crippen LogP contribution is 2.23. The van der Waals surface area contributed by atoms with Crippen LogP contribution in [0.1, 0.15) is 12.5 Å². The Kier molecular flexibility index (Phi) is 4.62. The SMILES string of the molecule is CCc1ccc(OCC(=O)NC)cc1Br. The van der Waals surface area contributed by atoms with E-state index in [-0.39, 0.29) is 12.5 Å². The summed E-state index contributed by atoms with van der Waals surface area (Å²) in [6, 6.07) is 5.73. The van der Waals surface area contributed by atoms with Crippen LogP contribution in [0.2, 0.25) is 0 Å². The van der Waals surface area contributed by atoms with Gasteiger partial charge < -0.3 is 10.1 Å². The van der Waals surface area contributed by atoms with Crippen molar-refractivity contribution in [2.45, 2.75) is 13.3 Å². The molecule has 0 radical (unpaired) electrons. The van der Waals surface area contributed by atoms with Gasteiger partial charge in [-0.1, -0.05) is 28.9 Å². The molecule has 0 atom stereocenters. The molecule has 0 heterocycles. The van der Waals surface area contributed by atoms with E-state index in [9.17, 15) is 4.79 Å². The zero-order valence-electron chi connectivity index (χ0n) is 8.84. The van der Waals surface area contributed by atoms with Crippen LogP contribution < -0.4 is 10.1 Å². The molecule has 1 N–H and O–H groups in total. The van der Waals surface area contributed by atoms with Crippen LogP contribution in [0.4, 0.5) is 0 Å². The highest BCUT2D eigenvalue weighted by Gasteiger charge is 2.02. The van der Waals surface area contributed by atoms with Crippen LogP contribution in [-0.2, 0) is 11.2 Å². The van der Waals surface area contributed by atoms with Crippen LogP contribution >= 0.6 is 15.9 Å². The first-order valence-corrected chi connectivity index (χ1v) is 5.58. The third-order valence-corrected chi connectivity index (χ3v) is 2.79. The number of hydrogen-bond donors (Lipinski definition) is 1. The summed E-state index contributed by atoms with van der Waals surface area (Å²) in [6.07, 6.45) is 0.969. The summed E-state index contributed by atoms with van der Waals surface area (Å²) in [7, 11) is 1.59. The molecule has 0 aliphatic heterocycles. The number of benzene rings is 1. The van der Waals surface area contributed by atoms with Gasteiger partial charge in [0.15, 0.2) is 6.61 Å². The molecule has 1 aromatic rings. The van der Waals surface area contributed by atoms with Gasteiger partial charge in [-0.3, -0.25) is 4.79 Å². The van der Waals surface area contributed by atoms with Crippen LogP contribution in [0.5, 0.6) is 5.75 Å². The molecule has 0 aliphatic carbocycles. The quantitative estimate of drug-likeness (QED) is 0.911. The van der Waals surface area contributed by atoms with Gasteiger partial charge in [0.1, 0.15) is 5.75 Å².